The number of hydrogen-bond acceptors (Lipinski definition) is 3. The van der Waals surface area contributed by atoms with Crippen molar-refractivity contribution in [2.24, 2.45) is 5.73 Å². The van der Waals surface area contributed by atoms with E-state index in [1.165, 1.54) is 5.56 Å². The molecule has 118 valence electrons. The zero-order valence-corrected chi connectivity index (χ0v) is 14.1. The minimum absolute atomic E-state index is 0.0159. The summed E-state index contributed by atoms with van der Waals surface area (Å²) in [7, 11) is 0. The summed E-state index contributed by atoms with van der Waals surface area (Å²) in [5.41, 5.74) is 8.90. The Morgan fingerprint density at radius 1 is 1.38 bits per heavy atom. The first-order valence-corrected chi connectivity index (χ1v) is 8.18. The smallest absolute Gasteiger partial charge is 0.0594 e. The lowest BCUT2D eigenvalue weighted by Gasteiger charge is -2.46. The topological polar surface area (TPSA) is 38.5 Å². The van der Waals surface area contributed by atoms with Crippen LogP contribution in [0.2, 0.25) is 5.02 Å². The third-order valence-electron chi connectivity index (χ3n) is 4.90. The van der Waals surface area contributed by atoms with Crippen molar-refractivity contribution in [1.82, 2.24) is 4.90 Å². The molecule has 3 nitrogen and oxygen atoms in total. The predicted molar refractivity (Wildman–Crippen MR) is 89.0 cm³/mol. The van der Waals surface area contributed by atoms with Crippen LogP contribution in [0.5, 0.6) is 0 Å². The van der Waals surface area contributed by atoms with Gasteiger partial charge in [0.2, 0.25) is 0 Å². The van der Waals surface area contributed by atoms with E-state index >= 15 is 0 Å². The van der Waals surface area contributed by atoms with Gasteiger partial charge in [0.05, 0.1) is 13.2 Å². The standard InChI is InChI=1S/C17H27ClN2O/c1-4-17(3,20-7-9-21-10-8-20)16(19)12-14-6-5-13(2)11-15(14)18/h5-6,11,16H,4,7-10,12,19H2,1-3H3. The highest BCUT2D eigenvalue weighted by Gasteiger charge is 2.37. The molecule has 0 saturated carbocycles. The summed E-state index contributed by atoms with van der Waals surface area (Å²) in [6, 6.07) is 6.28. The molecule has 1 aliphatic heterocycles. The van der Waals surface area contributed by atoms with Crippen LogP contribution in [0, 0.1) is 6.92 Å². The van der Waals surface area contributed by atoms with E-state index in [1.807, 2.05) is 6.07 Å². The van der Waals surface area contributed by atoms with Gasteiger partial charge < -0.3 is 10.5 Å². The van der Waals surface area contributed by atoms with E-state index in [0.717, 1.165) is 49.7 Å². The molecule has 0 spiro atoms. The van der Waals surface area contributed by atoms with Crippen molar-refractivity contribution in [3.8, 4) is 0 Å². The highest BCUT2D eigenvalue weighted by molar-refractivity contribution is 6.31. The number of nitrogens with zero attached hydrogens (tertiary/aromatic N) is 1. The molecule has 4 heteroatoms. The van der Waals surface area contributed by atoms with Gasteiger partial charge in [-0.2, -0.15) is 0 Å². The van der Waals surface area contributed by atoms with Gasteiger partial charge in [-0.3, -0.25) is 4.90 Å². The van der Waals surface area contributed by atoms with E-state index < -0.39 is 0 Å². The number of hydrogen-bond donors (Lipinski definition) is 1. The van der Waals surface area contributed by atoms with Crippen molar-refractivity contribution < 1.29 is 4.74 Å². The summed E-state index contributed by atoms with van der Waals surface area (Å²) in [6.07, 6.45) is 1.83. The molecule has 1 aromatic carbocycles. The number of rotatable bonds is 5. The lowest BCUT2D eigenvalue weighted by Crippen LogP contribution is -2.61. The first-order chi connectivity index (χ1) is 9.97. The fourth-order valence-corrected chi connectivity index (χ4v) is 3.38. The predicted octanol–water partition coefficient (Wildman–Crippen LogP) is 3.02. The van der Waals surface area contributed by atoms with Crippen molar-refractivity contribution in [2.75, 3.05) is 26.3 Å². The van der Waals surface area contributed by atoms with Crippen LogP contribution in [0.3, 0.4) is 0 Å². The minimum Gasteiger partial charge on any atom is -0.379 e. The maximum Gasteiger partial charge on any atom is 0.0594 e. The van der Waals surface area contributed by atoms with E-state index in [9.17, 15) is 0 Å². The van der Waals surface area contributed by atoms with Crippen molar-refractivity contribution >= 4 is 11.6 Å². The average molecular weight is 311 g/mol. The maximum atomic E-state index is 6.59. The van der Waals surface area contributed by atoms with Crippen molar-refractivity contribution in [2.45, 2.75) is 45.2 Å². The number of aryl methyl sites for hydroxylation is 1. The highest BCUT2D eigenvalue weighted by Crippen LogP contribution is 2.28. The van der Waals surface area contributed by atoms with E-state index in [1.54, 1.807) is 0 Å². The van der Waals surface area contributed by atoms with Gasteiger partial charge in [-0.25, -0.2) is 0 Å². The van der Waals surface area contributed by atoms with Crippen LogP contribution >= 0.6 is 11.6 Å². The number of morpholine rings is 1. The summed E-state index contributed by atoms with van der Waals surface area (Å²) < 4.78 is 5.47. The molecule has 2 unspecified atom stereocenters. The van der Waals surface area contributed by atoms with Crippen LogP contribution in [0.25, 0.3) is 0 Å². The molecule has 2 atom stereocenters. The molecule has 0 aliphatic carbocycles. The molecule has 0 bridgehead atoms. The van der Waals surface area contributed by atoms with Gasteiger partial charge in [0.1, 0.15) is 0 Å². The average Bonchev–Trinajstić information content (AvgIpc) is 2.50. The highest BCUT2D eigenvalue weighted by atomic mass is 35.5. The molecule has 0 radical (unpaired) electrons. The summed E-state index contributed by atoms with van der Waals surface area (Å²) in [5.74, 6) is 0. The SMILES string of the molecule is CCC(C)(C(N)Cc1ccc(C)cc1Cl)N1CCOCC1. The zero-order valence-electron chi connectivity index (χ0n) is 13.4. The number of ether oxygens (including phenoxy) is 1. The van der Waals surface area contributed by atoms with E-state index in [4.69, 9.17) is 22.1 Å². The maximum absolute atomic E-state index is 6.59. The van der Waals surface area contributed by atoms with Gasteiger partial charge in [-0.05, 0) is 43.9 Å². The Hall–Kier alpha value is -0.610. The molecule has 2 N–H and O–H groups in total. The summed E-state index contributed by atoms with van der Waals surface area (Å²) in [5, 5.41) is 0.825. The Kier molecular flexibility index (Phi) is 5.67. The van der Waals surface area contributed by atoms with Gasteiger partial charge in [0.25, 0.3) is 0 Å². The molecular weight excluding hydrogens is 284 g/mol. The normalized spacial score (nSPS) is 21.0. The van der Waals surface area contributed by atoms with Gasteiger partial charge in [0, 0.05) is 29.7 Å². The van der Waals surface area contributed by atoms with Crippen LogP contribution in [0.4, 0.5) is 0 Å². The van der Waals surface area contributed by atoms with Crippen LogP contribution in [-0.2, 0) is 11.2 Å². The van der Waals surface area contributed by atoms with E-state index in [2.05, 4.69) is 37.8 Å². The molecule has 2 rings (SSSR count). The molecule has 1 heterocycles. The molecular formula is C17H27ClN2O. The molecule has 0 amide bonds. The second kappa shape index (κ2) is 7.10. The number of halogens is 1. The van der Waals surface area contributed by atoms with Gasteiger partial charge in [-0.15, -0.1) is 0 Å². The fourth-order valence-electron chi connectivity index (χ4n) is 3.07. The first kappa shape index (κ1) is 16.8. The Morgan fingerprint density at radius 2 is 2.05 bits per heavy atom. The Balaban J connectivity index is 2.13. The summed E-state index contributed by atoms with van der Waals surface area (Å²) >= 11 is 6.36. The minimum atomic E-state index is -0.0159. The van der Waals surface area contributed by atoms with Gasteiger partial charge >= 0.3 is 0 Å². The monoisotopic (exact) mass is 310 g/mol. The molecule has 21 heavy (non-hydrogen) atoms. The second-order valence-corrected chi connectivity index (χ2v) is 6.62. The van der Waals surface area contributed by atoms with Gasteiger partial charge in [0.15, 0.2) is 0 Å². The third kappa shape index (κ3) is 3.78. The van der Waals surface area contributed by atoms with Crippen molar-refractivity contribution in [1.29, 1.82) is 0 Å². The first-order valence-electron chi connectivity index (χ1n) is 7.80. The molecule has 1 saturated heterocycles. The Labute approximate surface area is 133 Å². The quantitative estimate of drug-likeness (QED) is 0.908. The van der Waals surface area contributed by atoms with Crippen LogP contribution in [0.1, 0.15) is 31.4 Å². The molecule has 0 aromatic heterocycles. The Morgan fingerprint density at radius 3 is 2.62 bits per heavy atom. The van der Waals surface area contributed by atoms with E-state index in [0.29, 0.717) is 0 Å². The molecule has 1 aliphatic rings. The Bertz CT molecular complexity index is 474. The summed E-state index contributed by atoms with van der Waals surface area (Å²) in [6.45, 7) is 10.1. The molecule has 1 aromatic rings. The fraction of sp³-hybridized carbons (Fsp3) is 0.647. The lowest BCUT2D eigenvalue weighted by molar-refractivity contribution is -0.0272. The van der Waals surface area contributed by atoms with E-state index in [-0.39, 0.29) is 11.6 Å². The zero-order chi connectivity index (χ0) is 15.5. The number of nitrogens with two attached hydrogens (primary N) is 1. The van der Waals surface area contributed by atoms with Crippen LogP contribution in [0.15, 0.2) is 18.2 Å². The van der Waals surface area contributed by atoms with Crippen molar-refractivity contribution in [3.05, 3.63) is 34.3 Å². The largest absolute Gasteiger partial charge is 0.379 e. The van der Waals surface area contributed by atoms with Gasteiger partial charge in [-0.1, -0.05) is 30.7 Å². The van der Waals surface area contributed by atoms with Crippen molar-refractivity contribution in [3.63, 3.8) is 0 Å². The van der Waals surface area contributed by atoms with Crippen LogP contribution in [-0.4, -0.2) is 42.8 Å². The lowest BCUT2D eigenvalue weighted by atomic mass is 9.83. The third-order valence-corrected chi connectivity index (χ3v) is 5.25. The molecule has 1 fully saturated rings. The van der Waals surface area contributed by atoms with Crippen LogP contribution < -0.4 is 5.73 Å². The summed E-state index contributed by atoms with van der Waals surface area (Å²) in [4.78, 5) is 2.48. The number of benzene rings is 1. The second-order valence-electron chi connectivity index (χ2n) is 6.22.